The summed E-state index contributed by atoms with van der Waals surface area (Å²) in [6.45, 7) is -0.290. The van der Waals surface area contributed by atoms with Crippen LogP contribution in [-0.4, -0.2) is 35.5 Å². The Morgan fingerprint density at radius 2 is 2.04 bits per heavy atom. The zero-order chi connectivity index (χ0) is 20.0. The van der Waals surface area contributed by atoms with E-state index in [1.807, 2.05) is 0 Å². The van der Waals surface area contributed by atoms with E-state index in [9.17, 15) is 22.0 Å². The number of aromatic nitrogens is 2. The van der Waals surface area contributed by atoms with Gasteiger partial charge in [-0.2, -0.15) is 23.3 Å². The van der Waals surface area contributed by atoms with Gasteiger partial charge in [-0.3, -0.25) is 4.99 Å². The van der Waals surface area contributed by atoms with Gasteiger partial charge in [0, 0.05) is 7.05 Å². The summed E-state index contributed by atoms with van der Waals surface area (Å²) in [6.07, 6.45) is -2.93. The Hall–Kier alpha value is -3.31. The maximum Gasteiger partial charge on any atom is 0.419 e. The number of anilines is 1. The van der Waals surface area contributed by atoms with E-state index < -0.39 is 23.4 Å². The minimum absolute atomic E-state index is 0.0202. The van der Waals surface area contributed by atoms with Crippen LogP contribution in [0.5, 0.6) is 6.01 Å². The molecule has 1 heterocycles. The Bertz CT molecular complexity index is 868. The van der Waals surface area contributed by atoms with Crippen molar-refractivity contribution in [2.45, 2.75) is 6.18 Å². The number of hydrogen-bond donors (Lipinski definition) is 2. The highest BCUT2D eigenvalue weighted by Gasteiger charge is 2.34. The Morgan fingerprint density at radius 1 is 1.30 bits per heavy atom. The molecule has 2 aromatic rings. The minimum Gasteiger partial charge on any atom is -0.457 e. The number of halogens is 5. The van der Waals surface area contributed by atoms with Crippen LogP contribution in [0.25, 0.3) is 0 Å². The van der Waals surface area contributed by atoms with Gasteiger partial charge in [-0.25, -0.2) is 13.8 Å². The van der Waals surface area contributed by atoms with Crippen molar-refractivity contribution in [3.8, 4) is 6.01 Å². The van der Waals surface area contributed by atoms with Crippen LogP contribution in [0.2, 0.25) is 0 Å². The number of hydrazone groups is 1. The molecule has 1 aromatic heterocycles. The molecule has 2 rings (SSSR count). The van der Waals surface area contributed by atoms with Crippen LogP contribution in [0, 0.1) is 11.6 Å². The first-order valence-electron chi connectivity index (χ1n) is 7.25. The summed E-state index contributed by atoms with van der Waals surface area (Å²) < 4.78 is 69.8. The van der Waals surface area contributed by atoms with Gasteiger partial charge in [0.05, 0.1) is 23.7 Å². The van der Waals surface area contributed by atoms with Gasteiger partial charge < -0.3 is 15.9 Å². The number of rotatable bonds is 6. The summed E-state index contributed by atoms with van der Waals surface area (Å²) in [5.41, 5.74) is -1.59. The van der Waals surface area contributed by atoms with Crippen molar-refractivity contribution >= 4 is 23.4 Å². The fourth-order valence-corrected chi connectivity index (χ4v) is 1.80. The summed E-state index contributed by atoms with van der Waals surface area (Å²) in [5, 5.41) is 5.86. The summed E-state index contributed by atoms with van der Waals surface area (Å²) in [6, 6.07) is 2.06. The lowest BCUT2D eigenvalue weighted by Gasteiger charge is -2.08. The molecular weight excluding hydrogens is 375 g/mol. The van der Waals surface area contributed by atoms with E-state index in [0.29, 0.717) is 12.1 Å². The van der Waals surface area contributed by atoms with Crippen molar-refractivity contribution in [2.75, 3.05) is 19.0 Å². The van der Waals surface area contributed by atoms with Crippen LogP contribution in [0.3, 0.4) is 0 Å². The number of nitrogens with zero attached hydrogens (tertiary/aromatic N) is 4. The molecule has 0 aliphatic rings. The highest BCUT2D eigenvalue weighted by molar-refractivity contribution is 6.31. The molecule has 0 amide bonds. The van der Waals surface area contributed by atoms with Gasteiger partial charge in [0.25, 0.3) is 0 Å². The maximum absolute atomic E-state index is 13.3. The fraction of sp³-hybridized carbons (Fsp3) is 0.200. The van der Waals surface area contributed by atoms with Crippen LogP contribution in [-0.2, 0) is 6.18 Å². The van der Waals surface area contributed by atoms with Crippen molar-refractivity contribution in [2.24, 2.45) is 15.9 Å². The molecule has 0 radical (unpaired) electrons. The van der Waals surface area contributed by atoms with Gasteiger partial charge >= 0.3 is 12.2 Å². The normalized spacial score (nSPS) is 12.4. The third-order valence-corrected chi connectivity index (χ3v) is 3.09. The van der Waals surface area contributed by atoms with E-state index in [1.165, 1.54) is 7.05 Å². The molecule has 144 valence electrons. The van der Waals surface area contributed by atoms with Crippen LogP contribution >= 0.6 is 0 Å². The van der Waals surface area contributed by atoms with Crippen molar-refractivity contribution < 1.29 is 26.7 Å². The van der Waals surface area contributed by atoms with E-state index in [4.69, 9.17) is 10.6 Å². The van der Waals surface area contributed by atoms with Crippen LogP contribution < -0.4 is 15.9 Å². The highest BCUT2D eigenvalue weighted by Crippen LogP contribution is 2.33. The van der Waals surface area contributed by atoms with Gasteiger partial charge in [0.15, 0.2) is 11.6 Å². The average molecular weight is 388 g/mol. The fourth-order valence-electron chi connectivity index (χ4n) is 1.80. The SMILES string of the molecule is CNc1nc(OCC(C=Nc2ccc(F)c(C(F)(F)F)c2)=NN)ncc1F. The number of nitrogens with two attached hydrogens (primary N) is 1. The topological polar surface area (TPSA) is 97.8 Å². The number of nitrogens with one attached hydrogen (secondary N) is 1. The lowest BCUT2D eigenvalue weighted by molar-refractivity contribution is -0.139. The first-order valence-corrected chi connectivity index (χ1v) is 7.25. The van der Waals surface area contributed by atoms with Crippen molar-refractivity contribution in [1.82, 2.24) is 9.97 Å². The van der Waals surface area contributed by atoms with Crippen LogP contribution in [0.1, 0.15) is 5.56 Å². The van der Waals surface area contributed by atoms with E-state index in [-0.39, 0.29) is 29.8 Å². The molecule has 0 aliphatic carbocycles. The molecule has 0 spiro atoms. The first kappa shape index (κ1) is 20.0. The smallest absolute Gasteiger partial charge is 0.419 e. The summed E-state index contributed by atoms with van der Waals surface area (Å²) in [5.74, 6) is 2.98. The van der Waals surface area contributed by atoms with Crippen LogP contribution in [0.4, 0.5) is 33.5 Å². The molecule has 0 saturated carbocycles. The van der Waals surface area contributed by atoms with Gasteiger partial charge in [-0.15, -0.1) is 0 Å². The Balaban J connectivity index is 2.09. The molecule has 0 fully saturated rings. The third-order valence-electron chi connectivity index (χ3n) is 3.09. The molecule has 0 unspecified atom stereocenters. The van der Waals surface area contributed by atoms with Crippen molar-refractivity contribution in [3.63, 3.8) is 0 Å². The van der Waals surface area contributed by atoms with Gasteiger partial charge in [-0.1, -0.05) is 0 Å². The standard InChI is InChI=1S/C15H13F5N6O/c1-22-13-12(17)6-24-14(25-13)27-7-9(26-21)5-23-8-2-3-11(16)10(4-8)15(18,19)20/h2-6H,7,21H2,1H3,(H,22,24,25). The molecule has 12 heteroatoms. The highest BCUT2D eigenvalue weighted by atomic mass is 19.4. The molecule has 7 nitrogen and oxygen atoms in total. The van der Waals surface area contributed by atoms with Gasteiger partial charge in [0.1, 0.15) is 18.1 Å². The number of aliphatic imine (C=N–C) groups is 1. The van der Waals surface area contributed by atoms with Crippen molar-refractivity contribution in [3.05, 3.63) is 41.6 Å². The van der Waals surface area contributed by atoms with Gasteiger partial charge in [-0.05, 0) is 18.2 Å². The molecule has 0 atom stereocenters. The first-order chi connectivity index (χ1) is 12.7. The summed E-state index contributed by atoms with van der Waals surface area (Å²) >= 11 is 0. The Labute approximate surface area is 149 Å². The Kier molecular flexibility index (Phi) is 6.21. The van der Waals surface area contributed by atoms with E-state index >= 15 is 0 Å². The zero-order valence-electron chi connectivity index (χ0n) is 13.8. The van der Waals surface area contributed by atoms with E-state index in [2.05, 4.69) is 25.4 Å². The summed E-state index contributed by atoms with van der Waals surface area (Å²) in [4.78, 5) is 11.1. The quantitative estimate of drug-likeness (QED) is 0.343. The second-order valence-corrected chi connectivity index (χ2v) is 4.93. The number of hydrogen-bond acceptors (Lipinski definition) is 7. The molecule has 27 heavy (non-hydrogen) atoms. The average Bonchev–Trinajstić information content (AvgIpc) is 2.63. The zero-order valence-corrected chi connectivity index (χ0v) is 13.8. The lowest BCUT2D eigenvalue weighted by atomic mass is 10.2. The predicted molar refractivity (Wildman–Crippen MR) is 88.2 cm³/mol. The van der Waals surface area contributed by atoms with Crippen LogP contribution in [0.15, 0.2) is 34.5 Å². The molecule has 0 bridgehead atoms. The van der Waals surface area contributed by atoms with Crippen molar-refractivity contribution in [1.29, 1.82) is 0 Å². The molecule has 0 saturated heterocycles. The lowest BCUT2D eigenvalue weighted by Crippen LogP contribution is -2.16. The number of alkyl halides is 3. The molecule has 1 aromatic carbocycles. The minimum atomic E-state index is -4.85. The third kappa shape index (κ3) is 5.33. The second kappa shape index (κ2) is 8.38. The monoisotopic (exact) mass is 388 g/mol. The molecular formula is C15H13F5N6O. The number of benzene rings is 1. The van der Waals surface area contributed by atoms with E-state index in [0.717, 1.165) is 18.5 Å². The van der Waals surface area contributed by atoms with Gasteiger partial charge in [0.2, 0.25) is 0 Å². The Morgan fingerprint density at radius 3 is 2.67 bits per heavy atom. The molecule has 3 N–H and O–H groups in total. The van der Waals surface area contributed by atoms with E-state index in [1.54, 1.807) is 0 Å². The largest absolute Gasteiger partial charge is 0.457 e. The maximum atomic E-state index is 13.3. The number of ether oxygens (including phenoxy) is 1. The molecule has 0 aliphatic heterocycles. The predicted octanol–water partition coefficient (Wildman–Crippen LogP) is 2.91. The second-order valence-electron chi connectivity index (χ2n) is 4.93. The summed E-state index contributed by atoms with van der Waals surface area (Å²) in [7, 11) is 1.45.